The molecule has 0 aliphatic rings. The molecule has 0 bridgehead atoms. The molecular formula is C17H32O4. The topological polar surface area (TPSA) is 52.6 Å². The van der Waals surface area contributed by atoms with Gasteiger partial charge < -0.3 is 9.47 Å². The van der Waals surface area contributed by atoms with Crippen molar-refractivity contribution in [3.63, 3.8) is 0 Å². The van der Waals surface area contributed by atoms with Crippen molar-refractivity contribution >= 4 is 11.9 Å². The van der Waals surface area contributed by atoms with Crippen molar-refractivity contribution in [2.75, 3.05) is 13.2 Å². The van der Waals surface area contributed by atoms with Crippen molar-refractivity contribution in [3.8, 4) is 0 Å². The van der Waals surface area contributed by atoms with Gasteiger partial charge in [0.1, 0.15) is 0 Å². The van der Waals surface area contributed by atoms with Crippen LogP contribution in [0.3, 0.4) is 0 Å². The van der Waals surface area contributed by atoms with E-state index in [-0.39, 0.29) is 11.9 Å². The summed E-state index contributed by atoms with van der Waals surface area (Å²) in [5, 5.41) is 0. The summed E-state index contributed by atoms with van der Waals surface area (Å²) < 4.78 is 9.83. The normalized spacial score (nSPS) is 12.0. The van der Waals surface area contributed by atoms with E-state index in [1.165, 1.54) is 25.7 Å². The monoisotopic (exact) mass is 300 g/mol. The third-order valence-electron chi connectivity index (χ3n) is 3.45. The summed E-state index contributed by atoms with van der Waals surface area (Å²) in [5.74, 6) is 0.252. The van der Waals surface area contributed by atoms with Crippen LogP contribution in [-0.4, -0.2) is 25.2 Å². The molecule has 21 heavy (non-hydrogen) atoms. The Balaban J connectivity index is 3.32. The predicted octanol–water partition coefficient (Wildman–Crippen LogP) is 4.26. The average Bonchev–Trinajstić information content (AvgIpc) is 2.42. The lowest BCUT2D eigenvalue weighted by Crippen LogP contribution is -2.09. The lowest BCUT2D eigenvalue weighted by molar-refractivity contribution is -0.144. The molecule has 0 fully saturated rings. The second-order valence-corrected chi connectivity index (χ2v) is 5.58. The number of hydrogen-bond donors (Lipinski definition) is 0. The number of carbonyl (C=O) groups excluding carboxylic acids is 2. The van der Waals surface area contributed by atoms with Crippen LogP contribution in [0, 0.1) is 5.92 Å². The first-order valence-corrected chi connectivity index (χ1v) is 8.41. The van der Waals surface area contributed by atoms with Crippen LogP contribution in [0.4, 0.5) is 0 Å². The minimum atomic E-state index is -0.0797. The van der Waals surface area contributed by atoms with Crippen molar-refractivity contribution in [1.82, 2.24) is 0 Å². The molecule has 0 saturated heterocycles. The van der Waals surface area contributed by atoms with E-state index in [0.717, 1.165) is 19.3 Å². The average molecular weight is 300 g/mol. The summed E-state index contributed by atoms with van der Waals surface area (Å²) in [6.45, 7) is 6.72. The molecule has 0 aliphatic carbocycles. The van der Waals surface area contributed by atoms with Crippen molar-refractivity contribution in [3.05, 3.63) is 0 Å². The minimum absolute atomic E-state index is 0.0784. The van der Waals surface area contributed by atoms with Gasteiger partial charge in [-0.2, -0.15) is 0 Å². The smallest absolute Gasteiger partial charge is 0.306 e. The first kappa shape index (κ1) is 19.9. The Bertz CT molecular complexity index is 276. The second-order valence-electron chi connectivity index (χ2n) is 5.58. The molecular weight excluding hydrogens is 268 g/mol. The molecule has 124 valence electrons. The van der Waals surface area contributed by atoms with E-state index in [9.17, 15) is 9.59 Å². The van der Waals surface area contributed by atoms with Crippen LogP contribution in [0.5, 0.6) is 0 Å². The van der Waals surface area contributed by atoms with E-state index in [1.807, 2.05) is 13.8 Å². The highest BCUT2D eigenvalue weighted by molar-refractivity contribution is 5.69. The molecule has 0 aromatic carbocycles. The maximum atomic E-state index is 11.3. The van der Waals surface area contributed by atoms with Crippen molar-refractivity contribution in [2.45, 2.75) is 78.6 Å². The molecule has 0 spiro atoms. The molecule has 0 saturated carbocycles. The Kier molecular flexibility index (Phi) is 13.2. The third-order valence-corrected chi connectivity index (χ3v) is 3.45. The summed E-state index contributed by atoms with van der Waals surface area (Å²) in [4.78, 5) is 22.4. The van der Waals surface area contributed by atoms with Gasteiger partial charge in [0.25, 0.3) is 0 Å². The summed E-state index contributed by atoms with van der Waals surface area (Å²) in [5.41, 5.74) is 0. The van der Waals surface area contributed by atoms with Crippen LogP contribution in [0.1, 0.15) is 78.6 Å². The first-order valence-electron chi connectivity index (χ1n) is 8.41. The van der Waals surface area contributed by atoms with Gasteiger partial charge in [-0.25, -0.2) is 0 Å². The fourth-order valence-electron chi connectivity index (χ4n) is 2.31. The van der Waals surface area contributed by atoms with Crippen LogP contribution < -0.4 is 0 Å². The SMILES string of the molecule is CCOC(=O)CCCCCCCCC(C)CC(=O)OCC. The number of carbonyl (C=O) groups is 2. The highest BCUT2D eigenvalue weighted by atomic mass is 16.5. The van der Waals surface area contributed by atoms with Crippen molar-refractivity contribution < 1.29 is 19.1 Å². The molecule has 1 unspecified atom stereocenters. The van der Waals surface area contributed by atoms with E-state index in [2.05, 4.69) is 6.92 Å². The Hall–Kier alpha value is -1.06. The quantitative estimate of drug-likeness (QED) is 0.377. The zero-order valence-corrected chi connectivity index (χ0v) is 14.0. The van der Waals surface area contributed by atoms with Gasteiger partial charge >= 0.3 is 11.9 Å². The Morgan fingerprint density at radius 2 is 1.33 bits per heavy atom. The number of esters is 2. The van der Waals surface area contributed by atoms with Crippen molar-refractivity contribution in [2.24, 2.45) is 5.92 Å². The molecule has 0 heterocycles. The van der Waals surface area contributed by atoms with Crippen molar-refractivity contribution in [1.29, 1.82) is 0 Å². The second kappa shape index (κ2) is 13.9. The Labute approximate surface area is 129 Å². The van der Waals surface area contributed by atoms with Gasteiger partial charge in [0.2, 0.25) is 0 Å². The number of hydrogen-bond acceptors (Lipinski definition) is 4. The zero-order valence-electron chi connectivity index (χ0n) is 14.0. The summed E-state index contributed by atoms with van der Waals surface area (Å²) in [6, 6.07) is 0. The summed E-state index contributed by atoms with van der Waals surface area (Å²) in [7, 11) is 0. The fourth-order valence-corrected chi connectivity index (χ4v) is 2.31. The maximum absolute atomic E-state index is 11.3. The Morgan fingerprint density at radius 1 is 0.810 bits per heavy atom. The molecule has 4 heteroatoms. The largest absolute Gasteiger partial charge is 0.466 e. The number of ether oxygens (including phenoxy) is 2. The molecule has 4 nitrogen and oxygen atoms in total. The van der Waals surface area contributed by atoms with Crippen LogP contribution in [-0.2, 0) is 19.1 Å². The third kappa shape index (κ3) is 13.7. The lowest BCUT2D eigenvalue weighted by atomic mass is 9.99. The highest BCUT2D eigenvalue weighted by Gasteiger charge is 2.09. The van der Waals surface area contributed by atoms with Gasteiger partial charge in [-0.15, -0.1) is 0 Å². The number of unbranched alkanes of at least 4 members (excludes halogenated alkanes) is 5. The molecule has 0 rings (SSSR count). The van der Waals surface area contributed by atoms with E-state index in [1.54, 1.807) is 0 Å². The van der Waals surface area contributed by atoms with Crippen LogP contribution in [0.25, 0.3) is 0 Å². The molecule has 0 aromatic rings. The summed E-state index contributed by atoms with van der Waals surface area (Å²) in [6.07, 6.45) is 8.93. The van der Waals surface area contributed by atoms with Gasteiger partial charge in [-0.1, -0.05) is 45.4 Å². The van der Waals surface area contributed by atoms with Gasteiger partial charge in [-0.3, -0.25) is 9.59 Å². The molecule has 0 aromatic heterocycles. The van der Waals surface area contributed by atoms with E-state index in [4.69, 9.17) is 9.47 Å². The van der Waals surface area contributed by atoms with Crippen LogP contribution in [0.2, 0.25) is 0 Å². The fraction of sp³-hybridized carbons (Fsp3) is 0.882. The predicted molar refractivity (Wildman–Crippen MR) is 84.0 cm³/mol. The molecule has 0 amide bonds. The van der Waals surface area contributed by atoms with Crippen LogP contribution >= 0.6 is 0 Å². The maximum Gasteiger partial charge on any atom is 0.306 e. The first-order chi connectivity index (χ1) is 10.1. The van der Waals surface area contributed by atoms with Gasteiger partial charge in [0.05, 0.1) is 13.2 Å². The number of rotatable bonds is 13. The molecule has 1 atom stereocenters. The summed E-state index contributed by atoms with van der Waals surface area (Å²) >= 11 is 0. The standard InChI is InChI=1S/C17H32O4/c1-4-20-16(18)13-11-9-7-6-8-10-12-15(3)14-17(19)21-5-2/h15H,4-14H2,1-3H3. The molecule has 0 radical (unpaired) electrons. The zero-order chi connectivity index (χ0) is 15.9. The van der Waals surface area contributed by atoms with Gasteiger partial charge in [-0.05, 0) is 26.2 Å². The highest BCUT2D eigenvalue weighted by Crippen LogP contribution is 2.15. The lowest BCUT2D eigenvalue weighted by Gasteiger charge is -2.10. The van der Waals surface area contributed by atoms with Gasteiger partial charge in [0, 0.05) is 12.8 Å². The van der Waals surface area contributed by atoms with E-state index >= 15 is 0 Å². The van der Waals surface area contributed by atoms with Crippen LogP contribution in [0.15, 0.2) is 0 Å². The molecule has 0 aliphatic heterocycles. The van der Waals surface area contributed by atoms with Gasteiger partial charge in [0.15, 0.2) is 0 Å². The Morgan fingerprint density at radius 3 is 1.95 bits per heavy atom. The minimum Gasteiger partial charge on any atom is -0.466 e. The molecule has 0 N–H and O–H groups in total. The van der Waals surface area contributed by atoms with E-state index < -0.39 is 0 Å². The van der Waals surface area contributed by atoms with E-state index in [0.29, 0.717) is 32.0 Å².